The maximum Gasteiger partial charge on any atom is 0.137 e. The largest absolute Gasteiger partial charge is 0.354 e. The second-order valence-electron chi connectivity index (χ2n) is 5.79. The smallest absolute Gasteiger partial charge is 0.137 e. The number of nitrogens with zero attached hydrogens (tertiary/aromatic N) is 2. The second kappa shape index (κ2) is 7.65. The van der Waals surface area contributed by atoms with Gasteiger partial charge in [-0.15, -0.1) is 11.6 Å². The van der Waals surface area contributed by atoms with E-state index in [4.69, 9.17) is 16.6 Å². The van der Waals surface area contributed by atoms with Crippen molar-refractivity contribution in [3.8, 4) is 0 Å². The van der Waals surface area contributed by atoms with Gasteiger partial charge in [0.2, 0.25) is 0 Å². The maximum atomic E-state index is 6.03. The van der Waals surface area contributed by atoms with Crippen LogP contribution in [0.1, 0.15) is 45.7 Å². The van der Waals surface area contributed by atoms with Crippen molar-refractivity contribution in [3.05, 3.63) is 36.0 Å². The fraction of sp³-hybridized carbons (Fsp3) is 0.500. The zero-order valence-corrected chi connectivity index (χ0v) is 14.0. The molecule has 1 aromatic carbocycles. The van der Waals surface area contributed by atoms with Gasteiger partial charge in [-0.1, -0.05) is 44.0 Å². The molecule has 0 N–H and O–H groups in total. The van der Waals surface area contributed by atoms with Gasteiger partial charge in [-0.3, -0.25) is 0 Å². The fourth-order valence-corrected chi connectivity index (χ4v) is 2.80. The van der Waals surface area contributed by atoms with E-state index in [0.29, 0.717) is 11.9 Å². The first kappa shape index (κ1) is 16.1. The Bertz CT molecular complexity index is 580. The van der Waals surface area contributed by atoms with E-state index >= 15 is 0 Å². The van der Waals surface area contributed by atoms with Crippen molar-refractivity contribution in [3.63, 3.8) is 0 Å². The summed E-state index contributed by atoms with van der Waals surface area (Å²) in [5.74, 6) is 1.54. The maximum absolute atomic E-state index is 6.03. The first-order valence-corrected chi connectivity index (χ1v) is 8.42. The van der Waals surface area contributed by atoms with Crippen LogP contribution in [0.15, 0.2) is 30.3 Å². The fourth-order valence-electron chi connectivity index (χ4n) is 2.66. The molecule has 0 saturated carbocycles. The Kier molecular flexibility index (Phi) is 5.86. The van der Waals surface area contributed by atoms with E-state index in [0.717, 1.165) is 18.1 Å². The molecule has 0 fully saturated rings. The normalized spacial score (nSPS) is 11.3. The van der Waals surface area contributed by atoms with E-state index in [1.165, 1.54) is 30.0 Å². The van der Waals surface area contributed by atoms with E-state index in [-0.39, 0.29) is 0 Å². The van der Waals surface area contributed by atoms with E-state index in [1.54, 1.807) is 0 Å². The molecule has 2 nitrogen and oxygen atoms in total. The standard InChI is InChI=1S/C18H25ClN2/c1-4-5-8-11-21(14(2)3)18-17-10-7-6-9-15(17)12-16(13-19)20-18/h6-7,9-10,12,14H,4-5,8,11,13H2,1-3H3. The highest BCUT2D eigenvalue weighted by Gasteiger charge is 2.15. The van der Waals surface area contributed by atoms with Crippen LogP contribution >= 0.6 is 11.6 Å². The zero-order chi connectivity index (χ0) is 15.2. The van der Waals surface area contributed by atoms with Gasteiger partial charge in [0.05, 0.1) is 11.6 Å². The van der Waals surface area contributed by atoms with Gasteiger partial charge in [-0.2, -0.15) is 0 Å². The van der Waals surface area contributed by atoms with E-state index in [2.05, 4.69) is 56.0 Å². The van der Waals surface area contributed by atoms with Crippen molar-refractivity contribution >= 4 is 28.2 Å². The van der Waals surface area contributed by atoms with Crippen molar-refractivity contribution < 1.29 is 0 Å². The van der Waals surface area contributed by atoms with Gasteiger partial charge in [-0.25, -0.2) is 4.98 Å². The third-order valence-corrected chi connectivity index (χ3v) is 4.08. The number of hydrogen-bond donors (Lipinski definition) is 0. The van der Waals surface area contributed by atoms with Crippen LogP contribution in [0, 0.1) is 0 Å². The molecule has 0 atom stereocenters. The number of pyridine rings is 1. The molecule has 0 bridgehead atoms. The Morgan fingerprint density at radius 1 is 1.19 bits per heavy atom. The highest BCUT2D eigenvalue weighted by atomic mass is 35.5. The third-order valence-electron chi connectivity index (χ3n) is 3.81. The molecule has 3 heteroatoms. The summed E-state index contributed by atoms with van der Waals surface area (Å²) in [6.07, 6.45) is 3.70. The Hall–Kier alpha value is -1.28. The molecule has 0 radical (unpaired) electrons. The van der Waals surface area contributed by atoms with Crippen molar-refractivity contribution in [1.29, 1.82) is 0 Å². The van der Waals surface area contributed by atoms with Crippen LogP contribution < -0.4 is 4.90 Å². The summed E-state index contributed by atoms with van der Waals surface area (Å²) in [6.45, 7) is 7.75. The molecule has 2 aromatic rings. The summed E-state index contributed by atoms with van der Waals surface area (Å²) in [5, 5.41) is 2.44. The molecule has 1 aromatic heterocycles. The number of fused-ring (bicyclic) bond motifs is 1. The van der Waals surface area contributed by atoms with Crippen molar-refractivity contribution in [2.75, 3.05) is 11.4 Å². The van der Waals surface area contributed by atoms with Crippen LogP contribution in [0.2, 0.25) is 0 Å². The molecule has 0 aliphatic rings. The van der Waals surface area contributed by atoms with Crippen LogP contribution in [0.4, 0.5) is 5.82 Å². The average Bonchev–Trinajstić information content (AvgIpc) is 2.50. The van der Waals surface area contributed by atoms with Crippen molar-refractivity contribution in [2.45, 2.75) is 52.0 Å². The molecule has 0 unspecified atom stereocenters. The van der Waals surface area contributed by atoms with Gasteiger partial charge in [0.15, 0.2) is 0 Å². The predicted molar refractivity (Wildman–Crippen MR) is 93.3 cm³/mol. The van der Waals surface area contributed by atoms with Gasteiger partial charge in [-0.05, 0) is 31.7 Å². The van der Waals surface area contributed by atoms with Crippen molar-refractivity contribution in [1.82, 2.24) is 4.98 Å². The summed E-state index contributed by atoms with van der Waals surface area (Å²) in [4.78, 5) is 7.22. The number of hydrogen-bond acceptors (Lipinski definition) is 2. The number of alkyl halides is 1. The minimum atomic E-state index is 0.434. The quantitative estimate of drug-likeness (QED) is 0.504. The van der Waals surface area contributed by atoms with Gasteiger partial charge in [0.1, 0.15) is 5.82 Å². The molecule has 0 aliphatic heterocycles. The Balaban J connectivity index is 2.44. The zero-order valence-electron chi connectivity index (χ0n) is 13.3. The lowest BCUT2D eigenvalue weighted by atomic mass is 10.1. The van der Waals surface area contributed by atoms with Gasteiger partial charge in [0.25, 0.3) is 0 Å². The van der Waals surface area contributed by atoms with Gasteiger partial charge < -0.3 is 4.90 Å². The summed E-state index contributed by atoms with van der Waals surface area (Å²) in [5.41, 5.74) is 0.950. The molecule has 0 spiro atoms. The number of unbranched alkanes of at least 4 members (excludes halogenated alkanes) is 2. The molecule has 21 heavy (non-hydrogen) atoms. The average molecular weight is 305 g/mol. The number of aromatic nitrogens is 1. The first-order chi connectivity index (χ1) is 10.2. The number of anilines is 1. The first-order valence-electron chi connectivity index (χ1n) is 7.88. The summed E-state index contributed by atoms with van der Waals surface area (Å²) in [7, 11) is 0. The Morgan fingerprint density at radius 3 is 2.62 bits per heavy atom. The van der Waals surface area contributed by atoms with Gasteiger partial charge >= 0.3 is 0 Å². The lowest BCUT2D eigenvalue weighted by Crippen LogP contribution is -2.32. The number of rotatable bonds is 7. The Morgan fingerprint density at radius 2 is 1.95 bits per heavy atom. The lowest BCUT2D eigenvalue weighted by Gasteiger charge is -2.29. The molecule has 0 amide bonds. The minimum Gasteiger partial charge on any atom is -0.354 e. The van der Waals surface area contributed by atoms with Crippen LogP contribution in [-0.2, 0) is 5.88 Å². The lowest BCUT2D eigenvalue weighted by molar-refractivity contribution is 0.621. The van der Waals surface area contributed by atoms with Crippen molar-refractivity contribution in [2.24, 2.45) is 0 Å². The topological polar surface area (TPSA) is 16.1 Å². The van der Waals surface area contributed by atoms with Crippen LogP contribution in [0.25, 0.3) is 10.8 Å². The molecule has 1 heterocycles. The summed E-state index contributed by atoms with van der Waals surface area (Å²) in [6, 6.07) is 11.0. The monoisotopic (exact) mass is 304 g/mol. The highest BCUT2D eigenvalue weighted by molar-refractivity contribution is 6.17. The van der Waals surface area contributed by atoms with E-state index < -0.39 is 0 Å². The highest BCUT2D eigenvalue weighted by Crippen LogP contribution is 2.28. The summed E-state index contributed by atoms with van der Waals surface area (Å²) < 4.78 is 0. The molecule has 114 valence electrons. The number of benzene rings is 1. The van der Waals surface area contributed by atoms with Gasteiger partial charge in [0, 0.05) is 18.0 Å². The number of halogens is 1. The molecule has 0 aliphatic carbocycles. The van der Waals surface area contributed by atoms with E-state index in [9.17, 15) is 0 Å². The SMILES string of the molecule is CCCCCN(c1nc(CCl)cc2ccccc12)C(C)C. The molecule has 0 saturated heterocycles. The van der Waals surface area contributed by atoms with Crippen LogP contribution in [0.5, 0.6) is 0 Å². The van der Waals surface area contributed by atoms with E-state index in [1.807, 2.05) is 0 Å². The predicted octanol–water partition coefficient (Wildman–Crippen LogP) is 5.38. The van der Waals surface area contributed by atoms with Crippen LogP contribution in [0.3, 0.4) is 0 Å². The Labute approximate surface area is 133 Å². The van der Waals surface area contributed by atoms with Crippen LogP contribution in [-0.4, -0.2) is 17.6 Å². The third kappa shape index (κ3) is 3.88. The summed E-state index contributed by atoms with van der Waals surface area (Å²) >= 11 is 6.03. The minimum absolute atomic E-state index is 0.434. The molecule has 2 rings (SSSR count). The molecular formula is C18H25ClN2. The second-order valence-corrected chi connectivity index (χ2v) is 6.05. The molecular weight excluding hydrogens is 280 g/mol.